The highest BCUT2D eigenvalue weighted by Gasteiger charge is 2.08. The maximum absolute atomic E-state index is 6.18. The molecule has 0 saturated carbocycles. The third kappa shape index (κ3) is 3.50. The maximum atomic E-state index is 6.18. The first kappa shape index (κ1) is 14.8. The Morgan fingerprint density at radius 3 is 2.60 bits per heavy atom. The van der Waals surface area contributed by atoms with Crippen molar-refractivity contribution in [1.29, 1.82) is 0 Å². The molecule has 20 heavy (non-hydrogen) atoms. The molecule has 0 aliphatic heterocycles. The number of nitrogens with two attached hydrogens (primary N) is 1. The molecule has 0 radical (unpaired) electrons. The number of hydrogen-bond acceptors (Lipinski definition) is 3. The second-order valence-electron chi connectivity index (χ2n) is 4.90. The van der Waals surface area contributed by atoms with Gasteiger partial charge in [-0.1, -0.05) is 36.7 Å². The quantitative estimate of drug-likeness (QED) is 0.911. The van der Waals surface area contributed by atoms with Crippen molar-refractivity contribution in [3.05, 3.63) is 58.9 Å². The van der Waals surface area contributed by atoms with Crippen LogP contribution in [0.3, 0.4) is 0 Å². The highest BCUT2D eigenvalue weighted by molar-refractivity contribution is 6.31. The average Bonchev–Trinajstić information content (AvgIpc) is 2.49. The zero-order valence-corrected chi connectivity index (χ0v) is 12.6. The summed E-state index contributed by atoms with van der Waals surface area (Å²) in [6.45, 7) is 2.81. The summed E-state index contributed by atoms with van der Waals surface area (Å²) >= 11 is 6.18. The summed E-state index contributed by atoms with van der Waals surface area (Å²) < 4.78 is 0. The molecule has 0 fully saturated rings. The second-order valence-corrected chi connectivity index (χ2v) is 5.31. The van der Waals surface area contributed by atoms with Gasteiger partial charge in [0.25, 0.3) is 0 Å². The van der Waals surface area contributed by atoms with Crippen molar-refractivity contribution in [3.63, 3.8) is 0 Å². The third-order valence-corrected chi connectivity index (χ3v) is 3.77. The van der Waals surface area contributed by atoms with Gasteiger partial charge in [0.1, 0.15) is 0 Å². The van der Waals surface area contributed by atoms with Crippen LogP contribution >= 0.6 is 11.6 Å². The van der Waals surface area contributed by atoms with E-state index in [-0.39, 0.29) is 6.04 Å². The monoisotopic (exact) mass is 289 g/mol. The topological polar surface area (TPSA) is 42.1 Å². The van der Waals surface area contributed by atoms with E-state index in [1.807, 2.05) is 43.6 Å². The van der Waals surface area contributed by atoms with E-state index in [9.17, 15) is 0 Å². The molecule has 0 amide bonds. The summed E-state index contributed by atoms with van der Waals surface area (Å²) in [6.07, 6.45) is 2.75. The van der Waals surface area contributed by atoms with Crippen LogP contribution in [0.5, 0.6) is 0 Å². The lowest BCUT2D eigenvalue weighted by Crippen LogP contribution is -2.17. The van der Waals surface area contributed by atoms with Crippen LogP contribution in [0.1, 0.15) is 30.6 Å². The molecule has 0 bridgehead atoms. The Balaban J connectivity index is 2.10. The first-order valence-electron chi connectivity index (χ1n) is 6.78. The standard InChI is InChI=1S/C16H20ClN3/c1-3-15(18)16-9-8-13(10-19-16)20(2)11-12-6-4-5-7-14(12)17/h4-10,15H,3,11,18H2,1-2H3/t15-/m1/s1. The minimum Gasteiger partial charge on any atom is -0.369 e. The molecular formula is C16H20ClN3. The van der Waals surface area contributed by atoms with E-state index >= 15 is 0 Å². The number of aromatic nitrogens is 1. The van der Waals surface area contributed by atoms with Crippen LogP contribution in [0.25, 0.3) is 0 Å². The van der Waals surface area contributed by atoms with Crippen molar-refractivity contribution in [2.75, 3.05) is 11.9 Å². The average molecular weight is 290 g/mol. The van der Waals surface area contributed by atoms with Crippen molar-refractivity contribution in [2.45, 2.75) is 25.9 Å². The van der Waals surface area contributed by atoms with Gasteiger partial charge in [0.05, 0.1) is 17.6 Å². The van der Waals surface area contributed by atoms with E-state index in [2.05, 4.69) is 22.9 Å². The fourth-order valence-corrected chi connectivity index (χ4v) is 2.22. The van der Waals surface area contributed by atoms with Crippen LogP contribution in [-0.2, 0) is 6.54 Å². The number of pyridine rings is 1. The predicted octanol–water partition coefficient (Wildman–Crippen LogP) is 3.78. The molecular weight excluding hydrogens is 270 g/mol. The normalized spacial score (nSPS) is 12.2. The Bertz CT molecular complexity index is 554. The molecule has 3 nitrogen and oxygen atoms in total. The molecule has 2 N–H and O–H groups in total. The zero-order chi connectivity index (χ0) is 14.5. The molecule has 106 valence electrons. The fraction of sp³-hybridized carbons (Fsp3) is 0.312. The highest BCUT2D eigenvalue weighted by atomic mass is 35.5. The molecule has 0 aliphatic carbocycles. The lowest BCUT2D eigenvalue weighted by molar-refractivity contribution is 0.675. The number of benzene rings is 1. The van der Waals surface area contributed by atoms with Crippen molar-refractivity contribution in [3.8, 4) is 0 Å². The Labute approximate surface area is 125 Å². The fourth-order valence-electron chi connectivity index (χ4n) is 2.03. The number of hydrogen-bond donors (Lipinski definition) is 1. The zero-order valence-electron chi connectivity index (χ0n) is 11.9. The minimum absolute atomic E-state index is 0.0120. The molecule has 0 spiro atoms. The minimum atomic E-state index is 0.0120. The van der Waals surface area contributed by atoms with Crippen molar-refractivity contribution in [2.24, 2.45) is 5.73 Å². The van der Waals surface area contributed by atoms with E-state index in [4.69, 9.17) is 17.3 Å². The van der Waals surface area contributed by atoms with Gasteiger partial charge in [-0.25, -0.2) is 0 Å². The lowest BCUT2D eigenvalue weighted by atomic mass is 10.1. The molecule has 0 unspecified atom stereocenters. The van der Waals surface area contributed by atoms with Gasteiger partial charge in [0.2, 0.25) is 0 Å². The highest BCUT2D eigenvalue weighted by Crippen LogP contribution is 2.21. The van der Waals surface area contributed by atoms with Crippen molar-refractivity contribution >= 4 is 17.3 Å². The van der Waals surface area contributed by atoms with Gasteiger partial charge in [-0.2, -0.15) is 0 Å². The van der Waals surface area contributed by atoms with Crippen LogP contribution in [0.4, 0.5) is 5.69 Å². The molecule has 2 rings (SSSR count). The number of anilines is 1. The molecule has 4 heteroatoms. The summed E-state index contributed by atoms with van der Waals surface area (Å²) in [7, 11) is 2.03. The first-order chi connectivity index (χ1) is 9.61. The summed E-state index contributed by atoms with van der Waals surface area (Å²) in [5, 5.41) is 0.789. The SMILES string of the molecule is CC[C@@H](N)c1ccc(N(C)Cc2ccccc2Cl)cn1. The van der Waals surface area contributed by atoms with E-state index in [1.165, 1.54) is 0 Å². The Morgan fingerprint density at radius 1 is 1.25 bits per heavy atom. The van der Waals surface area contributed by atoms with E-state index < -0.39 is 0 Å². The van der Waals surface area contributed by atoms with E-state index in [0.29, 0.717) is 0 Å². The Morgan fingerprint density at radius 2 is 2.00 bits per heavy atom. The van der Waals surface area contributed by atoms with Gasteiger partial charge < -0.3 is 10.6 Å². The van der Waals surface area contributed by atoms with Crippen LogP contribution in [-0.4, -0.2) is 12.0 Å². The molecule has 0 saturated heterocycles. The van der Waals surface area contributed by atoms with Crippen LogP contribution in [0, 0.1) is 0 Å². The predicted molar refractivity (Wildman–Crippen MR) is 85.0 cm³/mol. The molecule has 1 aromatic carbocycles. The number of halogens is 1. The van der Waals surface area contributed by atoms with E-state index in [0.717, 1.165) is 34.9 Å². The van der Waals surface area contributed by atoms with Gasteiger partial charge in [0, 0.05) is 24.7 Å². The van der Waals surface area contributed by atoms with Crippen LogP contribution < -0.4 is 10.6 Å². The maximum Gasteiger partial charge on any atom is 0.0572 e. The van der Waals surface area contributed by atoms with Gasteiger partial charge in [-0.15, -0.1) is 0 Å². The van der Waals surface area contributed by atoms with Crippen molar-refractivity contribution in [1.82, 2.24) is 4.98 Å². The summed E-state index contributed by atoms with van der Waals surface area (Å²) in [5.41, 5.74) is 9.06. The van der Waals surface area contributed by atoms with Gasteiger partial charge >= 0.3 is 0 Å². The molecule has 0 aliphatic rings. The lowest BCUT2D eigenvalue weighted by Gasteiger charge is -2.20. The third-order valence-electron chi connectivity index (χ3n) is 3.40. The number of rotatable bonds is 5. The van der Waals surface area contributed by atoms with Crippen LogP contribution in [0.2, 0.25) is 5.02 Å². The first-order valence-corrected chi connectivity index (χ1v) is 7.15. The summed E-state index contributed by atoms with van der Waals surface area (Å²) in [5.74, 6) is 0. The van der Waals surface area contributed by atoms with Crippen molar-refractivity contribution < 1.29 is 0 Å². The van der Waals surface area contributed by atoms with E-state index in [1.54, 1.807) is 0 Å². The Hall–Kier alpha value is -1.58. The van der Waals surface area contributed by atoms with Gasteiger partial charge in [-0.3, -0.25) is 4.98 Å². The van der Waals surface area contributed by atoms with Crippen LogP contribution in [0.15, 0.2) is 42.6 Å². The molecule has 1 atom stereocenters. The Kier molecular flexibility index (Phi) is 4.99. The second kappa shape index (κ2) is 6.73. The molecule has 1 aromatic heterocycles. The smallest absolute Gasteiger partial charge is 0.0572 e. The summed E-state index contributed by atoms with van der Waals surface area (Å²) in [4.78, 5) is 6.56. The number of nitrogens with zero attached hydrogens (tertiary/aromatic N) is 2. The molecule has 2 aromatic rings. The van der Waals surface area contributed by atoms with Gasteiger partial charge in [-0.05, 0) is 30.2 Å². The largest absolute Gasteiger partial charge is 0.369 e. The van der Waals surface area contributed by atoms with Gasteiger partial charge in [0.15, 0.2) is 0 Å². The summed E-state index contributed by atoms with van der Waals surface area (Å²) in [6, 6.07) is 11.9. The molecule has 1 heterocycles.